The third kappa shape index (κ3) is 10.1. The number of hydrogen-bond acceptors (Lipinski definition) is 6. The Morgan fingerprint density at radius 2 is 1.71 bits per heavy atom. The van der Waals surface area contributed by atoms with E-state index in [2.05, 4.69) is 18.5 Å². The summed E-state index contributed by atoms with van der Waals surface area (Å²) < 4.78 is 9.67. The van der Waals surface area contributed by atoms with Gasteiger partial charge in [-0.2, -0.15) is 0 Å². The molecule has 24 heavy (non-hydrogen) atoms. The number of amides is 2. The second kappa shape index (κ2) is 11.9. The Labute approximate surface area is 141 Å². The molecule has 0 aliphatic carbocycles. The summed E-state index contributed by atoms with van der Waals surface area (Å²) in [7, 11) is 0. The van der Waals surface area contributed by atoms with Gasteiger partial charge in [0.05, 0.1) is 6.42 Å². The predicted octanol–water partition coefficient (Wildman–Crippen LogP) is 0.190. The van der Waals surface area contributed by atoms with Crippen LogP contribution in [0.1, 0.15) is 20.3 Å². The van der Waals surface area contributed by atoms with E-state index in [0.29, 0.717) is 0 Å². The molecule has 0 fully saturated rings. The van der Waals surface area contributed by atoms with Crippen molar-refractivity contribution in [3.8, 4) is 0 Å². The van der Waals surface area contributed by atoms with E-state index in [4.69, 9.17) is 9.47 Å². The van der Waals surface area contributed by atoms with Gasteiger partial charge in [-0.25, -0.2) is 4.79 Å². The largest absolute Gasteiger partial charge is 0.462 e. The number of nitrogens with one attached hydrogen (secondary N) is 1. The molecule has 0 aliphatic rings. The van der Waals surface area contributed by atoms with Gasteiger partial charge in [0.15, 0.2) is 0 Å². The topological polar surface area (TPSA) is 102 Å². The maximum absolute atomic E-state index is 11.6. The van der Waals surface area contributed by atoms with Crippen molar-refractivity contribution in [1.82, 2.24) is 10.2 Å². The number of hydrogen-bond donors (Lipinski definition) is 1. The molecule has 8 nitrogen and oxygen atoms in total. The quantitative estimate of drug-likeness (QED) is 0.327. The second-order valence-corrected chi connectivity index (χ2v) is 4.89. The van der Waals surface area contributed by atoms with Gasteiger partial charge < -0.3 is 19.7 Å². The Balaban J connectivity index is 3.99. The first-order chi connectivity index (χ1) is 11.3. The Morgan fingerprint density at radius 1 is 1.08 bits per heavy atom. The van der Waals surface area contributed by atoms with E-state index in [1.165, 1.54) is 18.7 Å². The van der Waals surface area contributed by atoms with Gasteiger partial charge in [-0.05, 0) is 13.0 Å². The molecule has 2 amide bonds. The monoisotopic (exact) mass is 340 g/mol. The summed E-state index contributed by atoms with van der Waals surface area (Å²) in [6, 6.07) is 0. The Morgan fingerprint density at radius 3 is 2.25 bits per heavy atom. The zero-order valence-electron chi connectivity index (χ0n) is 14.1. The number of rotatable bonds is 11. The van der Waals surface area contributed by atoms with E-state index < -0.39 is 11.9 Å². The van der Waals surface area contributed by atoms with E-state index in [9.17, 15) is 19.2 Å². The first-order valence-electron chi connectivity index (χ1n) is 7.42. The zero-order valence-corrected chi connectivity index (χ0v) is 14.1. The number of carbonyl (C=O) groups excluding carboxylic acids is 4. The molecule has 8 heteroatoms. The van der Waals surface area contributed by atoms with Gasteiger partial charge in [-0.15, -0.1) is 0 Å². The van der Waals surface area contributed by atoms with E-state index in [-0.39, 0.29) is 56.7 Å². The molecule has 0 aliphatic heterocycles. The third-order valence-corrected chi connectivity index (χ3v) is 2.83. The number of ether oxygens (including phenoxy) is 2. The molecule has 0 aromatic rings. The molecule has 134 valence electrons. The maximum atomic E-state index is 11.6. The molecule has 0 rings (SSSR count). The number of carbonyl (C=O) groups is 4. The molecule has 0 radical (unpaired) electrons. The van der Waals surface area contributed by atoms with Gasteiger partial charge in [-0.1, -0.05) is 13.2 Å². The lowest BCUT2D eigenvalue weighted by atomic mass is 10.3. The fraction of sp³-hybridized carbons (Fsp3) is 0.500. The molecule has 0 spiro atoms. The molecule has 0 unspecified atom stereocenters. The van der Waals surface area contributed by atoms with Crippen molar-refractivity contribution in [3.05, 3.63) is 24.8 Å². The summed E-state index contributed by atoms with van der Waals surface area (Å²) in [4.78, 5) is 46.6. The maximum Gasteiger partial charge on any atom is 0.333 e. The van der Waals surface area contributed by atoms with Crippen molar-refractivity contribution in [2.45, 2.75) is 20.3 Å². The lowest BCUT2D eigenvalue weighted by molar-refractivity contribution is -0.150. The minimum Gasteiger partial charge on any atom is -0.462 e. The molecular formula is C16H24N2O6. The first-order valence-corrected chi connectivity index (χ1v) is 7.42. The van der Waals surface area contributed by atoms with Gasteiger partial charge in [0.25, 0.3) is 0 Å². The predicted molar refractivity (Wildman–Crippen MR) is 86.8 cm³/mol. The van der Waals surface area contributed by atoms with Crippen molar-refractivity contribution in [2.75, 3.05) is 32.8 Å². The summed E-state index contributed by atoms with van der Waals surface area (Å²) >= 11 is 0. The van der Waals surface area contributed by atoms with Crippen LogP contribution in [0.25, 0.3) is 0 Å². The average molecular weight is 340 g/mol. The van der Waals surface area contributed by atoms with E-state index >= 15 is 0 Å². The van der Waals surface area contributed by atoms with Crippen LogP contribution in [0.2, 0.25) is 0 Å². The molecule has 0 saturated heterocycles. The standard InChI is InChI=1S/C16H24N2O6/c1-5-14(20)17-7-9-18(13(4)19)8-6-15(21)23-10-11-24-16(22)12(2)3/h5H,1-2,6-11H2,3-4H3,(H,17,20). The second-order valence-electron chi connectivity index (χ2n) is 4.89. The Hall–Kier alpha value is -2.64. The summed E-state index contributed by atoms with van der Waals surface area (Å²) in [5.74, 6) is -1.61. The van der Waals surface area contributed by atoms with E-state index in [1.54, 1.807) is 0 Å². The van der Waals surface area contributed by atoms with Crippen molar-refractivity contribution < 1.29 is 28.7 Å². The van der Waals surface area contributed by atoms with Crippen molar-refractivity contribution in [1.29, 1.82) is 0 Å². The highest BCUT2D eigenvalue weighted by molar-refractivity contribution is 5.87. The molecule has 0 bridgehead atoms. The molecule has 0 heterocycles. The van der Waals surface area contributed by atoms with Gasteiger partial charge in [0.2, 0.25) is 11.8 Å². The molecule has 0 atom stereocenters. The van der Waals surface area contributed by atoms with Crippen molar-refractivity contribution in [2.24, 2.45) is 0 Å². The summed E-state index contributed by atoms with van der Waals surface area (Å²) in [5.41, 5.74) is 0.266. The SMILES string of the molecule is C=CC(=O)NCCN(CCC(=O)OCCOC(=O)C(=C)C)C(C)=O. The van der Waals surface area contributed by atoms with Gasteiger partial charge >= 0.3 is 11.9 Å². The van der Waals surface area contributed by atoms with Crippen LogP contribution in [0.15, 0.2) is 24.8 Å². The van der Waals surface area contributed by atoms with Crippen LogP contribution in [0.4, 0.5) is 0 Å². The molecular weight excluding hydrogens is 316 g/mol. The van der Waals surface area contributed by atoms with Crippen LogP contribution in [0, 0.1) is 0 Å². The van der Waals surface area contributed by atoms with Crippen LogP contribution in [0.5, 0.6) is 0 Å². The third-order valence-electron chi connectivity index (χ3n) is 2.83. The van der Waals surface area contributed by atoms with E-state index in [1.807, 2.05) is 0 Å². The highest BCUT2D eigenvalue weighted by atomic mass is 16.6. The minimum atomic E-state index is -0.546. The fourth-order valence-corrected chi connectivity index (χ4v) is 1.52. The summed E-state index contributed by atoms with van der Waals surface area (Å²) in [5, 5.41) is 2.54. The van der Waals surface area contributed by atoms with Crippen molar-refractivity contribution in [3.63, 3.8) is 0 Å². The highest BCUT2D eigenvalue weighted by Gasteiger charge is 2.12. The normalized spacial score (nSPS) is 9.58. The Bertz CT molecular complexity index is 501. The minimum absolute atomic E-state index is 0.00339. The van der Waals surface area contributed by atoms with Crippen LogP contribution in [-0.4, -0.2) is 61.5 Å². The molecule has 0 saturated carbocycles. The lowest BCUT2D eigenvalue weighted by Gasteiger charge is -2.20. The lowest BCUT2D eigenvalue weighted by Crippen LogP contribution is -2.38. The van der Waals surface area contributed by atoms with Gasteiger partial charge in [-0.3, -0.25) is 14.4 Å². The number of esters is 2. The summed E-state index contributed by atoms with van der Waals surface area (Å²) in [6.07, 6.45) is 1.14. The Kier molecular flexibility index (Phi) is 10.6. The molecule has 0 aromatic heterocycles. The van der Waals surface area contributed by atoms with Gasteiger partial charge in [0, 0.05) is 32.1 Å². The van der Waals surface area contributed by atoms with Crippen LogP contribution in [0.3, 0.4) is 0 Å². The van der Waals surface area contributed by atoms with Gasteiger partial charge in [0.1, 0.15) is 13.2 Å². The summed E-state index contributed by atoms with van der Waals surface area (Å²) in [6.45, 7) is 10.2. The van der Waals surface area contributed by atoms with Crippen molar-refractivity contribution >= 4 is 23.8 Å². The molecule has 0 aromatic carbocycles. The zero-order chi connectivity index (χ0) is 18.5. The molecule has 1 N–H and O–H groups in total. The first kappa shape index (κ1) is 21.4. The smallest absolute Gasteiger partial charge is 0.333 e. The highest BCUT2D eigenvalue weighted by Crippen LogP contribution is 1.96. The average Bonchev–Trinajstić information content (AvgIpc) is 2.53. The van der Waals surface area contributed by atoms with Crippen LogP contribution >= 0.6 is 0 Å². The fourth-order valence-electron chi connectivity index (χ4n) is 1.52. The van der Waals surface area contributed by atoms with E-state index in [0.717, 1.165) is 6.08 Å². The van der Waals surface area contributed by atoms with Crippen LogP contribution < -0.4 is 5.32 Å². The number of nitrogens with zero attached hydrogens (tertiary/aromatic N) is 1. The van der Waals surface area contributed by atoms with Crippen LogP contribution in [-0.2, 0) is 28.7 Å².